The van der Waals surface area contributed by atoms with Crippen LogP contribution < -0.4 is 0 Å². The summed E-state index contributed by atoms with van der Waals surface area (Å²) in [5.41, 5.74) is 4.23. The zero-order valence-corrected chi connectivity index (χ0v) is 21.6. The molecule has 0 unspecified atom stereocenters. The molecule has 0 spiro atoms. The lowest BCUT2D eigenvalue weighted by molar-refractivity contribution is 0.102. The monoisotopic (exact) mass is 526 g/mol. The molecule has 0 radical (unpaired) electrons. The van der Waals surface area contributed by atoms with Gasteiger partial charge in [0.05, 0.1) is 25.5 Å². The van der Waals surface area contributed by atoms with Crippen molar-refractivity contribution in [2.45, 2.75) is 13.1 Å². The van der Waals surface area contributed by atoms with Crippen molar-refractivity contribution in [2.24, 2.45) is 0 Å². The minimum Gasteiger partial charge on any atom is -0.287 e. The highest BCUT2D eigenvalue weighted by molar-refractivity contribution is 6.07. The zero-order valence-electron chi connectivity index (χ0n) is 21.6. The summed E-state index contributed by atoms with van der Waals surface area (Å²) in [6.45, 7) is 1.21. The molecule has 2 aromatic heterocycles. The van der Waals surface area contributed by atoms with E-state index in [1.54, 1.807) is 46.0 Å². The van der Waals surface area contributed by atoms with E-state index in [4.69, 9.17) is 0 Å². The average Bonchev–Trinajstić information content (AvgIpc) is 3.69. The Hall–Kier alpha value is -5.50. The first kappa shape index (κ1) is 26.1. The molecule has 0 aliphatic rings. The number of carbonyl (C=O) groups is 2. The second-order valence-electron chi connectivity index (χ2n) is 8.96. The van der Waals surface area contributed by atoms with Gasteiger partial charge < -0.3 is 0 Å². The van der Waals surface area contributed by atoms with Crippen LogP contribution in [0, 0.1) is 0 Å². The number of hydrogen-bond donors (Lipinski definition) is 0. The SMILES string of the molecule is O=C(c1ccccc1)c1cn(Cc2ccccc2)nn1.O=C(c1ccccc1)c1cn(Cc2ccccc2)nn1. The fourth-order valence-electron chi connectivity index (χ4n) is 3.98. The molecule has 0 amide bonds. The first-order valence-electron chi connectivity index (χ1n) is 12.7. The van der Waals surface area contributed by atoms with Crippen LogP contribution in [0.15, 0.2) is 134 Å². The standard InChI is InChI=1S/2C16H13N3O/c2*20-16(14-9-5-2-6-10-14)15-12-19(18-17-15)11-13-7-3-1-4-8-13/h2*1-10,12H,11H2. The first-order valence-corrected chi connectivity index (χ1v) is 12.7. The fourth-order valence-corrected chi connectivity index (χ4v) is 3.98. The van der Waals surface area contributed by atoms with Crippen LogP contribution in [0.5, 0.6) is 0 Å². The van der Waals surface area contributed by atoms with Gasteiger partial charge >= 0.3 is 0 Å². The molecule has 6 aromatic rings. The second-order valence-corrected chi connectivity index (χ2v) is 8.96. The maximum Gasteiger partial charge on any atom is 0.214 e. The summed E-state index contributed by atoms with van der Waals surface area (Å²) in [4.78, 5) is 24.4. The van der Waals surface area contributed by atoms with E-state index in [-0.39, 0.29) is 11.6 Å². The van der Waals surface area contributed by atoms with Crippen molar-refractivity contribution in [3.63, 3.8) is 0 Å². The van der Waals surface area contributed by atoms with Crippen LogP contribution in [0.3, 0.4) is 0 Å². The van der Waals surface area contributed by atoms with Crippen LogP contribution in [0.1, 0.15) is 43.2 Å². The van der Waals surface area contributed by atoms with Crippen molar-refractivity contribution in [2.75, 3.05) is 0 Å². The van der Waals surface area contributed by atoms with Gasteiger partial charge in [-0.1, -0.05) is 132 Å². The number of carbonyl (C=O) groups excluding carboxylic acids is 2. The Kier molecular flexibility index (Phi) is 8.38. The smallest absolute Gasteiger partial charge is 0.214 e. The van der Waals surface area contributed by atoms with E-state index in [1.807, 2.05) is 97.1 Å². The molecule has 8 heteroatoms. The van der Waals surface area contributed by atoms with E-state index in [0.717, 1.165) is 11.1 Å². The molecule has 4 aromatic carbocycles. The third-order valence-electron chi connectivity index (χ3n) is 5.99. The molecule has 196 valence electrons. The molecular formula is C32H26N6O2. The highest BCUT2D eigenvalue weighted by Crippen LogP contribution is 2.09. The number of hydrogen-bond acceptors (Lipinski definition) is 6. The minimum atomic E-state index is -0.107. The Balaban J connectivity index is 0.000000161. The molecule has 0 bridgehead atoms. The summed E-state index contributed by atoms with van der Waals surface area (Å²) < 4.78 is 3.34. The molecular weight excluding hydrogens is 500 g/mol. The maximum atomic E-state index is 12.2. The summed E-state index contributed by atoms with van der Waals surface area (Å²) in [7, 11) is 0. The average molecular weight is 527 g/mol. The Morgan fingerprint density at radius 3 is 1.15 bits per heavy atom. The zero-order chi connectivity index (χ0) is 27.6. The Bertz CT molecular complexity index is 1540. The molecule has 0 saturated heterocycles. The third kappa shape index (κ3) is 6.87. The van der Waals surface area contributed by atoms with Crippen LogP contribution in [0.2, 0.25) is 0 Å². The molecule has 8 nitrogen and oxygen atoms in total. The van der Waals surface area contributed by atoms with Gasteiger partial charge in [0.1, 0.15) is 0 Å². The van der Waals surface area contributed by atoms with E-state index >= 15 is 0 Å². The van der Waals surface area contributed by atoms with E-state index in [2.05, 4.69) is 20.6 Å². The van der Waals surface area contributed by atoms with Crippen molar-refractivity contribution < 1.29 is 9.59 Å². The Labute approximate surface area is 231 Å². The van der Waals surface area contributed by atoms with Gasteiger partial charge in [-0.15, -0.1) is 10.2 Å². The van der Waals surface area contributed by atoms with Gasteiger partial charge in [0.2, 0.25) is 11.6 Å². The van der Waals surface area contributed by atoms with Crippen LogP contribution in [-0.2, 0) is 13.1 Å². The lowest BCUT2D eigenvalue weighted by Gasteiger charge is -1.99. The molecule has 0 fully saturated rings. The van der Waals surface area contributed by atoms with Crippen molar-refractivity contribution >= 4 is 11.6 Å². The third-order valence-corrected chi connectivity index (χ3v) is 5.99. The molecule has 40 heavy (non-hydrogen) atoms. The maximum absolute atomic E-state index is 12.2. The molecule has 2 heterocycles. The van der Waals surface area contributed by atoms with E-state index in [0.29, 0.717) is 35.6 Å². The van der Waals surface area contributed by atoms with E-state index in [9.17, 15) is 9.59 Å². The predicted molar refractivity (Wildman–Crippen MR) is 151 cm³/mol. The number of aromatic nitrogens is 6. The largest absolute Gasteiger partial charge is 0.287 e. The minimum absolute atomic E-state index is 0.107. The number of rotatable bonds is 8. The summed E-state index contributed by atoms with van der Waals surface area (Å²) >= 11 is 0. The highest BCUT2D eigenvalue weighted by Gasteiger charge is 2.14. The van der Waals surface area contributed by atoms with Gasteiger partial charge in [0.15, 0.2) is 11.4 Å². The summed E-state index contributed by atoms with van der Waals surface area (Å²) in [6.07, 6.45) is 3.37. The Morgan fingerprint density at radius 1 is 0.475 bits per heavy atom. The van der Waals surface area contributed by atoms with Gasteiger partial charge in [-0.05, 0) is 11.1 Å². The van der Waals surface area contributed by atoms with Gasteiger partial charge in [-0.3, -0.25) is 9.59 Å². The molecule has 0 atom stereocenters. The van der Waals surface area contributed by atoms with Crippen molar-refractivity contribution in [1.29, 1.82) is 0 Å². The fraction of sp³-hybridized carbons (Fsp3) is 0.0625. The summed E-state index contributed by atoms with van der Waals surface area (Å²) in [5.74, 6) is -0.213. The lowest BCUT2D eigenvalue weighted by atomic mass is 10.1. The molecule has 0 aliphatic carbocycles. The van der Waals surface area contributed by atoms with Crippen LogP contribution >= 0.6 is 0 Å². The van der Waals surface area contributed by atoms with Crippen molar-refractivity contribution in [1.82, 2.24) is 30.0 Å². The number of nitrogens with zero attached hydrogens (tertiary/aromatic N) is 6. The van der Waals surface area contributed by atoms with Gasteiger partial charge in [0, 0.05) is 11.1 Å². The summed E-state index contributed by atoms with van der Waals surface area (Å²) in [6, 6.07) is 38.1. The van der Waals surface area contributed by atoms with Crippen LogP contribution in [-0.4, -0.2) is 41.6 Å². The van der Waals surface area contributed by atoms with Crippen molar-refractivity contribution in [3.05, 3.63) is 167 Å². The number of ketones is 2. The van der Waals surface area contributed by atoms with Gasteiger partial charge in [0.25, 0.3) is 0 Å². The van der Waals surface area contributed by atoms with Crippen LogP contribution in [0.25, 0.3) is 0 Å². The van der Waals surface area contributed by atoms with E-state index in [1.165, 1.54) is 0 Å². The molecule has 6 rings (SSSR count). The Morgan fingerprint density at radius 2 is 0.800 bits per heavy atom. The van der Waals surface area contributed by atoms with Gasteiger partial charge in [-0.2, -0.15) is 0 Å². The lowest BCUT2D eigenvalue weighted by Crippen LogP contribution is -2.01. The molecule has 0 aliphatic heterocycles. The summed E-state index contributed by atoms with van der Waals surface area (Å²) in [5, 5.41) is 15.9. The van der Waals surface area contributed by atoms with Gasteiger partial charge in [-0.25, -0.2) is 9.36 Å². The first-order chi connectivity index (χ1) is 19.7. The second kappa shape index (κ2) is 12.8. The predicted octanol–water partition coefficient (Wildman–Crippen LogP) is 5.11. The van der Waals surface area contributed by atoms with E-state index < -0.39 is 0 Å². The normalized spacial score (nSPS) is 10.4. The topological polar surface area (TPSA) is 95.6 Å². The number of benzene rings is 4. The highest BCUT2D eigenvalue weighted by atomic mass is 16.1. The molecule has 0 N–H and O–H groups in total. The van der Waals surface area contributed by atoms with Crippen LogP contribution in [0.4, 0.5) is 0 Å². The van der Waals surface area contributed by atoms with Crippen molar-refractivity contribution in [3.8, 4) is 0 Å². The molecule has 0 saturated carbocycles. The quantitative estimate of drug-likeness (QED) is 0.256.